The lowest BCUT2D eigenvalue weighted by Crippen LogP contribution is -2.15. The molecule has 110 valence electrons. The lowest BCUT2D eigenvalue weighted by Gasteiger charge is -2.09. The van der Waals surface area contributed by atoms with Gasteiger partial charge in [-0.15, -0.1) is 11.6 Å². The number of hydrogen-bond donors (Lipinski definition) is 0. The van der Waals surface area contributed by atoms with E-state index in [9.17, 15) is 8.42 Å². The molecule has 3 nitrogen and oxygen atoms in total. The van der Waals surface area contributed by atoms with Crippen molar-refractivity contribution >= 4 is 21.4 Å². The second-order valence-corrected chi connectivity index (χ2v) is 7.18. The van der Waals surface area contributed by atoms with Crippen molar-refractivity contribution in [2.75, 3.05) is 24.0 Å². The molecule has 1 rings (SSSR count). The zero-order chi connectivity index (χ0) is 15.0. The Hall–Kier alpha value is -1.18. The van der Waals surface area contributed by atoms with Crippen molar-refractivity contribution in [1.29, 1.82) is 0 Å². The van der Waals surface area contributed by atoms with Gasteiger partial charge >= 0.3 is 0 Å². The molecule has 1 aromatic rings. The summed E-state index contributed by atoms with van der Waals surface area (Å²) in [4.78, 5) is 0. The third-order valence-electron chi connectivity index (χ3n) is 2.67. The van der Waals surface area contributed by atoms with E-state index < -0.39 is 9.84 Å². The number of aryl methyl sites for hydroxylation is 1. The van der Waals surface area contributed by atoms with Gasteiger partial charge in [-0.2, -0.15) is 0 Å². The first-order chi connectivity index (χ1) is 9.48. The van der Waals surface area contributed by atoms with Crippen LogP contribution in [0.15, 0.2) is 18.2 Å². The smallest absolute Gasteiger partial charge is 0.153 e. The Kier molecular flexibility index (Phi) is 6.90. The molecule has 0 heterocycles. The molecule has 0 aliphatic heterocycles. The van der Waals surface area contributed by atoms with Crippen LogP contribution in [0.2, 0.25) is 0 Å². The summed E-state index contributed by atoms with van der Waals surface area (Å²) < 4.78 is 28.4. The predicted molar refractivity (Wildman–Crippen MR) is 83.2 cm³/mol. The van der Waals surface area contributed by atoms with Crippen molar-refractivity contribution in [3.05, 3.63) is 29.3 Å². The van der Waals surface area contributed by atoms with Gasteiger partial charge in [-0.25, -0.2) is 8.42 Å². The zero-order valence-corrected chi connectivity index (χ0v) is 13.4. The third kappa shape index (κ3) is 5.85. The van der Waals surface area contributed by atoms with Crippen LogP contribution in [0.1, 0.15) is 24.5 Å². The Morgan fingerprint density at radius 3 is 2.75 bits per heavy atom. The SMILES string of the molecule is CCS(=O)(=O)CCOc1ccc(C)cc1C#CCCCl. The van der Waals surface area contributed by atoms with Gasteiger partial charge in [-0.3, -0.25) is 0 Å². The fraction of sp³-hybridized carbons (Fsp3) is 0.467. The Morgan fingerprint density at radius 2 is 2.10 bits per heavy atom. The van der Waals surface area contributed by atoms with Crippen LogP contribution >= 0.6 is 11.6 Å². The van der Waals surface area contributed by atoms with E-state index in [1.165, 1.54) is 0 Å². The molecule has 0 unspecified atom stereocenters. The van der Waals surface area contributed by atoms with Crippen LogP contribution in [-0.4, -0.2) is 32.4 Å². The minimum Gasteiger partial charge on any atom is -0.491 e. The fourth-order valence-corrected chi connectivity index (χ4v) is 2.22. The van der Waals surface area contributed by atoms with E-state index in [2.05, 4.69) is 11.8 Å². The maximum absolute atomic E-state index is 11.4. The molecule has 0 aliphatic rings. The number of halogens is 1. The van der Waals surface area contributed by atoms with Crippen LogP contribution < -0.4 is 4.74 Å². The molecule has 0 N–H and O–H groups in total. The molecule has 0 aromatic heterocycles. The van der Waals surface area contributed by atoms with Crippen LogP contribution in [0.4, 0.5) is 0 Å². The molecule has 5 heteroatoms. The normalized spacial score (nSPS) is 10.8. The summed E-state index contributed by atoms with van der Waals surface area (Å²) in [6.07, 6.45) is 0.610. The molecule has 0 fully saturated rings. The highest BCUT2D eigenvalue weighted by atomic mass is 35.5. The van der Waals surface area contributed by atoms with Crippen LogP contribution in [0, 0.1) is 18.8 Å². The third-order valence-corrected chi connectivity index (χ3v) is 4.53. The van der Waals surface area contributed by atoms with Gasteiger partial charge in [0.15, 0.2) is 9.84 Å². The molecule has 1 aromatic carbocycles. The predicted octanol–water partition coefficient (Wildman–Crippen LogP) is 2.79. The van der Waals surface area contributed by atoms with E-state index in [1.54, 1.807) is 6.92 Å². The van der Waals surface area contributed by atoms with E-state index in [0.29, 0.717) is 18.1 Å². The van der Waals surface area contributed by atoms with Gasteiger partial charge in [0, 0.05) is 18.1 Å². The van der Waals surface area contributed by atoms with E-state index >= 15 is 0 Å². The highest BCUT2D eigenvalue weighted by Crippen LogP contribution is 2.19. The first-order valence-electron chi connectivity index (χ1n) is 6.47. The number of hydrogen-bond acceptors (Lipinski definition) is 3. The zero-order valence-electron chi connectivity index (χ0n) is 11.8. The topological polar surface area (TPSA) is 43.4 Å². The molecular formula is C15H19ClO3S. The largest absolute Gasteiger partial charge is 0.491 e. The highest BCUT2D eigenvalue weighted by molar-refractivity contribution is 7.91. The minimum atomic E-state index is -3.01. The maximum atomic E-state index is 11.4. The average molecular weight is 315 g/mol. The van der Waals surface area contributed by atoms with E-state index in [0.717, 1.165) is 11.1 Å². The second kappa shape index (κ2) is 8.18. The first kappa shape index (κ1) is 16.9. The van der Waals surface area contributed by atoms with E-state index in [-0.39, 0.29) is 18.1 Å². The van der Waals surface area contributed by atoms with Crippen LogP contribution in [0.3, 0.4) is 0 Å². The van der Waals surface area contributed by atoms with Crippen LogP contribution in [0.5, 0.6) is 5.75 Å². The second-order valence-electron chi connectivity index (χ2n) is 4.33. The molecule has 0 radical (unpaired) electrons. The van der Waals surface area contributed by atoms with Crippen LogP contribution in [0.25, 0.3) is 0 Å². The molecule has 0 bridgehead atoms. The summed E-state index contributed by atoms with van der Waals surface area (Å²) in [5, 5.41) is 0. The van der Waals surface area contributed by atoms with Gasteiger partial charge in [0.05, 0.1) is 11.3 Å². The number of alkyl halides is 1. The van der Waals surface area contributed by atoms with Crippen molar-refractivity contribution in [3.63, 3.8) is 0 Å². The number of benzene rings is 1. The molecule has 0 spiro atoms. The minimum absolute atomic E-state index is 0.0198. The van der Waals surface area contributed by atoms with Crippen molar-refractivity contribution in [1.82, 2.24) is 0 Å². The van der Waals surface area contributed by atoms with Crippen LogP contribution in [-0.2, 0) is 9.84 Å². The summed E-state index contributed by atoms with van der Waals surface area (Å²) in [7, 11) is -3.01. The number of rotatable bonds is 6. The number of ether oxygens (including phenoxy) is 1. The van der Waals surface area contributed by atoms with Crippen molar-refractivity contribution in [3.8, 4) is 17.6 Å². The Balaban J connectivity index is 2.77. The molecule has 0 aliphatic carbocycles. The summed E-state index contributed by atoms with van der Waals surface area (Å²) >= 11 is 5.59. The quantitative estimate of drug-likeness (QED) is 0.599. The van der Waals surface area contributed by atoms with Gasteiger partial charge in [-0.05, 0) is 24.6 Å². The highest BCUT2D eigenvalue weighted by Gasteiger charge is 2.08. The molecule has 0 amide bonds. The molecule has 0 saturated heterocycles. The van der Waals surface area contributed by atoms with Crippen molar-refractivity contribution < 1.29 is 13.2 Å². The van der Waals surface area contributed by atoms with Gasteiger partial charge in [0.25, 0.3) is 0 Å². The maximum Gasteiger partial charge on any atom is 0.153 e. The molecular weight excluding hydrogens is 296 g/mol. The van der Waals surface area contributed by atoms with Gasteiger partial charge in [0.1, 0.15) is 12.4 Å². The Morgan fingerprint density at radius 1 is 1.35 bits per heavy atom. The standard InChI is InChI=1S/C15H19ClO3S/c1-3-20(17,18)11-10-19-15-8-7-13(2)12-14(15)6-4-5-9-16/h7-8,12H,3,5,9-11H2,1-2H3. The summed E-state index contributed by atoms with van der Waals surface area (Å²) in [6, 6.07) is 5.65. The Bertz CT molecular complexity index is 597. The molecule has 0 atom stereocenters. The fourth-order valence-electron chi connectivity index (χ4n) is 1.50. The van der Waals surface area contributed by atoms with Gasteiger partial charge in [-0.1, -0.05) is 24.8 Å². The molecule has 20 heavy (non-hydrogen) atoms. The summed E-state index contributed by atoms with van der Waals surface area (Å²) in [5.74, 6) is 7.22. The van der Waals surface area contributed by atoms with Crippen molar-refractivity contribution in [2.45, 2.75) is 20.3 Å². The Labute approximate surface area is 126 Å². The van der Waals surface area contributed by atoms with Gasteiger partial charge in [0.2, 0.25) is 0 Å². The lowest BCUT2D eigenvalue weighted by atomic mass is 10.1. The first-order valence-corrected chi connectivity index (χ1v) is 8.83. The number of sulfone groups is 1. The average Bonchev–Trinajstić information content (AvgIpc) is 2.41. The van der Waals surface area contributed by atoms with E-state index in [4.69, 9.17) is 16.3 Å². The lowest BCUT2D eigenvalue weighted by molar-refractivity contribution is 0.340. The van der Waals surface area contributed by atoms with Gasteiger partial charge < -0.3 is 4.74 Å². The van der Waals surface area contributed by atoms with E-state index in [1.807, 2.05) is 25.1 Å². The molecule has 0 saturated carbocycles. The summed E-state index contributed by atoms with van der Waals surface area (Å²) in [6.45, 7) is 3.74. The van der Waals surface area contributed by atoms with Crippen molar-refractivity contribution in [2.24, 2.45) is 0 Å². The summed E-state index contributed by atoms with van der Waals surface area (Å²) in [5.41, 5.74) is 1.85. The monoisotopic (exact) mass is 314 g/mol.